The predicted octanol–water partition coefficient (Wildman–Crippen LogP) is 7.44. The van der Waals surface area contributed by atoms with Crippen molar-refractivity contribution in [3.8, 4) is 0 Å². The Morgan fingerprint density at radius 2 is 1.62 bits per heavy atom. The normalized spacial score (nSPS) is 26.4. The molecule has 1 saturated carbocycles. The monoisotopic (exact) mass is 402 g/mol. The third-order valence-electron chi connectivity index (χ3n) is 6.68. The maximum absolute atomic E-state index is 14.3. The van der Waals surface area contributed by atoms with E-state index in [0.29, 0.717) is 17.5 Å². The van der Waals surface area contributed by atoms with Crippen LogP contribution in [0.2, 0.25) is 0 Å². The topological polar surface area (TPSA) is 0 Å². The zero-order valence-electron chi connectivity index (χ0n) is 16.6. The van der Waals surface area contributed by atoms with Crippen LogP contribution in [0.15, 0.2) is 42.5 Å². The molecule has 0 radical (unpaired) electrons. The molecule has 1 fully saturated rings. The molecule has 4 rings (SSSR count). The van der Waals surface area contributed by atoms with Crippen LogP contribution in [0.4, 0.5) is 17.6 Å². The van der Waals surface area contributed by atoms with Crippen LogP contribution in [0, 0.1) is 35.1 Å². The molecule has 2 aliphatic rings. The lowest BCUT2D eigenvalue weighted by molar-refractivity contribution is 0.193. The molecular weight excluding hydrogens is 376 g/mol. The van der Waals surface area contributed by atoms with E-state index < -0.39 is 23.3 Å². The number of allylic oxidation sites excluding steroid dienone is 2. The third kappa shape index (κ3) is 3.99. The first kappa shape index (κ1) is 20.2. The summed E-state index contributed by atoms with van der Waals surface area (Å²) < 4.78 is 56.4. The van der Waals surface area contributed by atoms with Crippen LogP contribution >= 0.6 is 0 Å². The van der Waals surface area contributed by atoms with Crippen molar-refractivity contribution in [1.82, 2.24) is 0 Å². The number of unbranched alkanes of at least 4 members (excludes halogenated alkanes) is 1. The summed E-state index contributed by atoms with van der Waals surface area (Å²) in [4.78, 5) is 0. The Bertz CT molecular complexity index is 897. The summed E-state index contributed by atoms with van der Waals surface area (Å²) in [5.74, 6) is -1.96. The molecule has 29 heavy (non-hydrogen) atoms. The molecule has 0 aromatic heterocycles. The SMILES string of the molecule is CCCC=CC1CCC2c3cc(F)cc(F)c3CCC2C1c1cc(F)cc(F)c1. The molecule has 0 aliphatic heterocycles. The smallest absolute Gasteiger partial charge is 0.129 e. The highest BCUT2D eigenvalue weighted by atomic mass is 19.1. The third-order valence-corrected chi connectivity index (χ3v) is 6.68. The number of fused-ring (bicyclic) bond motifs is 3. The standard InChI is InChI=1S/C25H26F4/c1-2-3-4-5-15-6-7-20-22(25(15)16-10-17(26)12-18(27)11-16)9-8-21-23(20)13-19(28)14-24(21)29/h4-5,10-15,20,22,25H,2-3,6-9H2,1H3. The minimum atomic E-state index is -0.577. The average molecular weight is 402 g/mol. The highest BCUT2D eigenvalue weighted by molar-refractivity contribution is 5.38. The number of hydrogen-bond donors (Lipinski definition) is 0. The number of benzene rings is 2. The van der Waals surface area contributed by atoms with Crippen LogP contribution in [-0.4, -0.2) is 0 Å². The van der Waals surface area contributed by atoms with Gasteiger partial charge in [0, 0.05) is 12.1 Å². The molecule has 154 valence electrons. The van der Waals surface area contributed by atoms with E-state index in [9.17, 15) is 17.6 Å². The van der Waals surface area contributed by atoms with Crippen LogP contribution in [0.5, 0.6) is 0 Å². The minimum Gasteiger partial charge on any atom is -0.207 e. The number of halogens is 4. The molecule has 2 aromatic rings. The van der Waals surface area contributed by atoms with Gasteiger partial charge in [-0.05, 0) is 90.7 Å². The fraction of sp³-hybridized carbons (Fsp3) is 0.440. The summed E-state index contributed by atoms with van der Waals surface area (Å²) in [6, 6.07) is 6.17. The van der Waals surface area contributed by atoms with Crippen molar-refractivity contribution in [3.63, 3.8) is 0 Å². The molecule has 2 aromatic carbocycles. The molecule has 0 saturated heterocycles. The van der Waals surface area contributed by atoms with Crippen LogP contribution in [0.25, 0.3) is 0 Å². The van der Waals surface area contributed by atoms with E-state index in [1.807, 2.05) is 0 Å². The second-order valence-electron chi connectivity index (χ2n) is 8.45. The maximum atomic E-state index is 14.3. The van der Waals surface area contributed by atoms with Crippen molar-refractivity contribution in [2.24, 2.45) is 11.8 Å². The molecule has 2 aliphatic carbocycles. The molecule has 0 spiro atoms. The molecule has 0 N–H and O–H groups in total. The highest BCUT2D eigenvalue weighted by Gasteiger charge is 2.43. The van der Waals surface area contributed by atoms with E-state index in [2.05, 4.69) is 19.1 Å². The number of rotatable bonds is 4. The van der Waals surface area contributed by atoms with Crippen molar-refractivity contribution in [1.29, 1.82) is 0 Å². The Balaban J connectivity index is 1.76. The van der Waals surface area contributed by atoms with Gasteiger partial charge in [-0.25, -0.2) is 17.6 Å². The first-order chi connectivity index (χ1) is 14.0. The van der Waals surface area contributed by atoms with Crippen molar-refractivity contribution >= 4 is 0 Å². The molecule has 4 unspecified atom stereocenters. The molecular formula is C25H26F4. The van der Waals surface area contributed by atoms with Gasteiger partial charge >= 0.3 is 0 Å². The lowest BCUT2D eigenvalue weighted by Gasteiger charge is -2.46. The van der Waals surface area contributed by atoms with E-state index in [4.69, 9.17) is 0 Å². The first-order valence-corrected chi connectivity index (χ1v) is 10.6. The summed E-state index contributed by atoms with van der Waals surface area (Å²) in [5.41, 5.74) is 2.01. The summed E-state index contributed by atoms with van der Waals surface area (Å²) in [6.45, 7) is 2.11. The fourth-order valence-electron chi connectivity index (χ4n) is 5.54. The van der Waals surface area contributed by atoms with Crippen LogP contribution < -0.4 is 0 Å². The lowest BCUT2D eigenvalue weighted by atomic mass is 9.58. The van der Waals surface area contributed by atoms with E-state index >= 15 is 0 Å². The summed E-state index contributed by atoms with van der Waals surface area (Å²) in [5, 5.41) is 0. The van der Waals surface area contributed by atoms with Gasteiger partial charge in [0.25, 0.3) is 0 Å². The van der Waals surface area contributed by atoms with Crippen molar-refractivity contribution in [3.05, 3.63) is 82.4 Å². The van der Waals surface area contributed by atoms with Crippen molar-refractivity contribution < 1.29 is 17.6 Å². The van der Waals surface area contributed by atoms with Crippen LogP contribution in [0.1, 0.15) is 67.6 Å². The van der Waals surface area contributed by atoms with Crippen LogP contribution in [-0.2, 0) is 6.42 Å². The molecule has 0 amide bonds. The fourth-order valence-corrected chi connectivity index (χ4v) is 5.54. The Labute approximate surface area is 169 Å². The second kappa shape index (κ2) is 8.33. The zero-order valence-corrected chi connectivity index (χ0v) is 16.6. The van der Waals surface area contributed by atoms with Crippen molar-refractivity contribution in [2.75, 3.05) is 0 Å². The second-order valence-corrected chi connectivity index (χ2v) is 8.45. The van der Waals surface area contributed by atoms with Gasteiger partial charge in [-0.3, -0.25) is 0 Å². The van der Waals surface area contributed by atoms with Crippen molar-refractivity contribution in [2.45, 2.75) is 57.3 Å². The Hall–Kier alpha value is -2.10. The van der Waals surface area contributed by atoms with Gasteiger partial charge in [-0.2, -0.15) is 0 Å². The van der Waals surface area contributed by atoms with Gasteiger partial charge in [-0.1, -0.05) is 25.5 Å². The van der Waals surface area contributed by atoms with E-state index in [0.717, 1.165) is 49.8 Å². The lowest BCUT2D eigenvalue weighted by Crippen LogP contribution is -2.35. The van der Waals surface area contributed by atoms with E-state index in [-0.39, 0.29) is 23.7 Å². The van der Waals surface area contributed by atoms with Gasteiger partial charge in [0.05, 0.1) is 0 Å². The van der Waals surface area contributed by atoms with E-state index in [1.54, 1.807) is 0 Å². The quantitative estimate of drug-likeness (QED) is 0.368. The Morgan fingerprint density at radius 1 is 0.897 bits per heavy atom. The summed E-state index contributed by atoms with van der Waals surface area (Å²) in [6.07, 6.45) is 9.29. The molecule has 0 heterocycles. The highest BCUT2D eigenvalue weighted by Crippen LogP contribution is 2.54. The molecule has 0 nitrogen and oxygen atoms in total. The Kier molecular flexibility index (Phi) is 5.80. The maximum Gasteiger partial charge on any atom is 0.129 e. The van der Waals surface area contributed by atoms with Crippen LogP contribution in [0.3, 0.4) is 0 Å². The van der Waals surface area contributed by atoms with Gasteiger partial charge in [0.2, 0.25) is 0 Å². The summed E-state index contributed by atoms with van der Waals surface area (Å²) in [7, 11) is 0. The van der Waals surface area contributed by atoms with Gasteiger partial charge in [0.15, 0.2) is 0 Å². The predicted molar refractivity (Wildman–Crippen MR) is 107 cm³/mol. The zero-order chi connectivity index (χ0) is 20.5. The first-order valence-electron chi connectivity index (χ1n) is 10.6. The molecule has 0 bridgehead atoms. The largest absolute Gasteiger partial charge is 0.207 e. The van der Waals surface area contributed by atoms with Gasteiger partial charge in [-0.15, -0.1) is 0 Å². The number of hydrogen-bond acceptors (Lipinski definition) is 0. The van der Waals surface area contributed by atoms with Gasteiger partial charge in [0.1, 0.15) is 23.3 Å². The minimum absolute atomic E-state index is 0.0103. The summed E-state index contributed by atoms with van der Waals surface area (Å²) >= 11 is 0. The Morgan fingerprint density at radius 3 is 2.34 bits per heavy atom. The molecule has 4 atom stereocenters. The molecule has 4 heteroatoms. The van der Waals surface area contributed by atoms with Gasteiger partial charge < -0.3 is 0 Å². The average Bonchev–Trinajstić information content (AvgIpc) is 2.66. The van der Waals surface area contributed by atoms with E-state index in [1.165, 1.54) is 18.2 Å².